The van der Waals surface area contributed by atoms with Gasteiger partial charge in [-0.05, 0) is 32.0 Å². The molecular formula is C9H15BNOS. The molecule has 1 N–H and O–H groups in total. The maximum Gasteiger partial charge on any atom is 0.0894 e. The van der Waals surface area contributed by atoms with E-state index < -0.39 is 0 Å². The number of nitrogens with zero attached hydrogens (tertiary/aromatic N) is 1. The van der Waals surface area contributed by atoms with Crippen molar-refractivity contribution in [3.8, 4) is 0 Å². The fourth-order valence-corrected chi connectivity index (χ4v) is 1.75. The lowest BCUT2D eigenvalue weighted by atomic mass is 10.2. The first-order valence-corrected chi connectivity index (χ1v) is 4.94. The molecule has 1 unspecified atom stereocenters. The summed E-state index contributed by atoms with van der Waals surface area (Å²) in [7, 11) is 4.03. The number of aliphatic hydroxyl groups excluding tert-OH is 1. The Hall–Kier alpha value is -0.315. The van der Waals surface area contributed by atoms with Crippen LogP contribution in [0.1, 0.15) is 17.4 Å². The zero-order valence-corrected chi connectivity index (χ0v) is 8.92. The number of aliphatic hydroxyl groups is 1. The van der Waals surface area contributed by atoms with Gasteiger partial charge < -0.3 is 10.0 Å². The summed E-state index contributed by atoms with van der Waals surface area (Å²) in [5.74, 6) is 0. The molecule has 0 aromatic carbocycles. The molecule has 1 atom stereocenters. The Morgan fingerprint density at radius 3 is 2.69 bits per heavy atom. The van der Waals surface area contributed by atoms with E-state index in [-0.39, 0.29) is 14.5 Å². The van der Waals surface area contributed by atoms with E-state index in [1.165, 1.54) is 0 Å². The summed E-state index contributed by atoms with van der Waals surface area (Å²) < 4.78 is 0. The molecule has 2 nitrogen and oxygen atoms in total. The van der Waals surface area contributed by atoms with Crippen LogP contribution in [0.3, 0.4) is 0 Å². The van der Waals surface area contributed by atoms with Crippen molar-refractivity contribution in [2.45, 2.75) is 12.5 Å². The highest BCUT2D eigenvalue weighted by Gasteiger charge is 2.07. The standard InChI is InChI=1S/C9H15NOS.B/c1-10(2)6-5-8(11)9-4-3-7-12-9;/h3-4,7-8,11H,5-6H2,1-2H3;. The van der Waals surface area contributed by atoms with Gasteiger partial charge in [0, 0.05) is 19.8 Å². The molecule has 1 heterocycles. The summed E-state index contributed by atoms with van der Waals surface area (Å²) in [6, 6.07) is 3.95. The van der Waals surface area contributed by atoms with Crippen LogP contribution in [-0.4, -0.2) is 39.1 Å². The minimum atomic E-state index is -0.285. The van der Waals surface area contributed by atoms with E-state index in [2.05, 4.69) is 4.90 Å². The minimum absolute atomic E-state index is 0. The van der Waals surface area contributed by atoms with E-state index >= 15 is 0 Å². The lowest BCUT2D eigenvalue weighted by Gasteiger charge is -2.12. The van der Waals surface area contributed by atoms with Crippen LogP contribution in [0.2, 0.25) is 0 Å². The predicted molar refractivity (Wildman–Crippen MR) is 58.2 cm³/mol. The average Bonchev–Trinajstić information content (AvgIpc) is 2.51. The second-order valence-corrected chi connectivity index (χ2v) is 4.10. The van der Waals surface area contributed by atoms with Gasteiger partial charge in [-0.15, -0.1) is 11.3 Å². The normalized spacial score (nSPS) is 12.6. The molecule has 0 aliphatic carbocycles. The molecule has 0 saturated carbocycles. The highest BCUT2D eigenvalue weighted by molar-refractivity contribution is 7.10. The minimum Gasteiger partial charge on any atom is -0.388 e. The van der Waals surface area contributed by atoms with Crippen LogP contribution in [0, 0.1) is 0 Å². The summed E-state index contributed by atoms with van der Waals surface area (Å²) in [5, 5.41) is 11.6. The lowest BCUT2D eigenvalue weighted by Crippen LogP contribution is -2.15. The molecule has 0 fully saturated rings. The van der Waals surface area contributed by atoms with E-state index in [1.807, 2.05) is 31.6 Å². The fourth-order valence-electron chi connectivity index (χ4n) is 1.00. The van der Waals surface area contributed by atoms with Crippen LogP contribution >= 0.6 is 11.3 Å². The van der Waals surface area contributed by atoms with Crippen LogP contribution in [0.15, 0.2) is 17.5 Å². The van der Waals surface area contributed by atoms with Crippen LogP contribution in [0.4, 0.5) is 0 Å². The van der Waals surface area contributed by atoms with Crippen molar-refractivity contribution in [2.24, 2.45) is 0 Å². The van der Waals surface area contributed by atoms with Crippen LogP contribution in [-0.2, 0) is 0 Å². The first-order chi connectivity index (χ1) is 5.70. The number of rotatable bonds is 4. The topological polar surface area (TPSA) is 23.5 Å². The third-order valence-corrected chi connectivity index (χ3v) is 2.69. The molecule has 0 saturated heterocycles. The Morgan fingerprint density at radius 1 is 1.54 bits per heavy atom. The molecule has 1 rings (SSSR count). The third-order valence-electron chi connectivity index (χ3n) is 1.72. The predicted octanol–water partition coefficient (Wildman–Crippen LogP) is 1.35. The van der Waals surface area contributed by atoms with Crippen LogP contribution in [0.25, 0.3) is 0 Å². The number of hydrogen-bond acceptors (Lipinski definition) is 3. The van der Waals surface area contributed by atoms with Crippen molar-refractivity contribution in [1.82, 2.24) is 4.90 Å². The number of thiophene rings is 1. The van der Waals surface area contributed by atoms with Crippen molar-refractivity contribution in [3.05, 3.63) is 22.4 Å². The first-order valence-electron chi connectivity index (χ1n) is 4.06. The molecule has 71 valence electrons. The molecule has 0 aliphatic heterocycles. The van der Waals surface area contributed by atoms with Gasteiger partial charge in [-0.3, -0.25) is 0 Å². The largest absolute Gasteiger partial charge is 0.388 e. The quantitative estimate of drug-likeness (QED) is 0.735. The third kappa shape index (κ3) is 4.46. The monoisotopic (exact) mass is 196 g/mol. The summed E-state index contributed by atoms with van der Waals surface area (Å²) in [4.78, 5) is 3.15. The smallest absolute Gasteiger partial charge is 0.0894 e. The molecule has 3 radical (unpaired) electrons. The zero-order valence-electron chi connectivity index (χ0n) is 8.10. The van der Waals surface area contributed by atoms with E-state index in [0.29, 0.717) is 0 Å². The Morgan fingerprint density at radius 2 is 2.23 bits per heavy atom. The van der Waals surface area contributed by atoms with Gasteiger partial charge in [0.1, 0.15) is 0 Å². The Bertz CT molecular complexity index is 213. The zero-order chi connectivity index (χ0) is 8.97. The molecule has 1 aromatic rings. The van der Waals surface area contributed by atoms with Crippen LogP contribution in [0.5, 0.6) is 0 Å². The summed E-state index contributed by atoms with van der Waals surface area (Å²) in [5.41, 5.74) is 0. The Labute approximate surface area is 85.8 Å². The first kappa shape index (κ1) is 12.7. The van der Waals surface area contributed by atoms with Crippen molar-refractivity contribution in [1.29, 1.82) is 0 Å². The highest BCUT2D eigenvalue weighted by Crippen LogP contribution is 2.21. The van der Waals surface area contributed by atoms with E-state index in [9.17, 15) is 5.11 Å². The second kappa shape index (κ2) is 6.19. The van der Waals surface area contributed by atoms with Crippen LogP contribution < -0.4 is 0 Å². The van der Waals surface area contributed by atoms with E-state index in [0.717, 1.165) is 17.8 Å². The molecular weight excluding hydrogens is 181 g/mol. The van der Waals surface area contributed by atoms with Gasteiger partial charge in [-0.1, -0.05) is 6.07 Å². The van der Waals surface area contributed by atoms with Crippen molar-refractivity contribution in [2.75, 3.05) is 20.6 Å². The second-order valence-electron chi connectivity index (χ2n) is 3.12. The molecule has 0 bridgehead atoms. The molecule has 0 amide bonds. The van der Waals surface area contributed by atoms with Gasteiger partial charge in [-0.25, -0.2) is 0 Å². The van der Waals surface area contributed by atoms with E-state index in [1.54, 1.807) is 11.3 Å². The highest BCUT2D eigenvalue weighted by atomic mass is 32.1. The maximum absolute atomic E-state index is 9.64. The average molecular weight is 196 g/mol. The summed E-state index contributed by atoms with van der Waals surface area (Å²) in [6.07, 6.45) is 0.528. The van der Waals surface area contributed by atoms with Gasteiger partial charge in [0.25, 0.3) is 0 Å². The van der Waals surface area contributed by atoms with Gasteiger partial charge in [0.05, 0.1) is 6.10 Å². The lowest BCUT2D eigenvalue weighted by molar-refractivity contribution is 0.158. The van der Waals surface area contributed by atoms with Gasteiger partial charge in [0.15, 0.2) is 0 Å². The molecule has 0 aliphatic rings. The van der Waals surface area contributed by atoms with Crippen molar-refractivity contribution >= 4 is 19.7 Å². The molecule has 0 spiro atoms. The summed E-state index contributed by atoms with van der Waals surface area (Å²) in [6.45, 7) is 0.930. The van der Waals surface area contributed by atoms with Gasteiger partial charge in [-0.2, -0.15) is 0 Å². The SMILES string of the molecule is CN(C)CCC(O)c1cccs1.[B]. The fraction of sp³-hybridized carbons (Fsp3) is 0.556. The summed E-state index contributed by atoms with van der Waals surface area (Å²) >= 11 is 1.61. The Balaban J connectivity index is 0.00000144. The molecule has 1 aromatic heterocycles. The number of hydrogen-bond donors (Lipinski definition) is 1. The van der Waals surface area contributed by atoms with E-state index in [4.69, 9.17) is 0 Å². The van der Waals surface area contributed by atoms with Crippen molar-refractivity contribution in [3.63, 3.8) is 0 Å². The maximum atomic E-state index is 9.64. The Kier molecular flexibility index (Phi) is 6.04. The van der Waals surface area contributed by atoms with Gasteiger partial charge in [0.2, 0.25) is 0 Å². The van der Waals surface area contributed by atoms with Gasteiger partial charge >= 0.3 is 0 Å². The molecule has 13 heavy (non-hydrogen) atoms. The molecule has 4 heteroatoms. The van der Waals surface area contributed by atoms with Crippen molar-refractivity contribution < 1.29 is 5.11 Å².